The van der Waals surface area contributed by atoms with Crippen molar-refractivity contribution in [2.45, 2.75) is 26.4 Å². The van der Waals surface area contributed by atoms with E-state index >= 15 is 0 Å². The van der Waals surface area contributed by atoms with Gasteiger partial charge in [-0.15, -0.1) is 0 Å². The first kappa shape index (κ1) is 15.3. The predicted molar refractivity (Wildman–Crippen MR) is 83.8 cm³/mol. The Bertz CT molecular complexity index is 611. The summed E-state index contributed by atoms with van der Waals surface area (Å²) < 4.78 is 14.1. The molecule has 2 rings (SSSR count). The third-order valence-electron chi connectivity index (χ3n) is 3.01. The van der Waals surface area contributed by atoms with E-state index in [-0.39, 0.29) is 5.82 Å². The van der Waals surface area contributed by atoms with Crippen LogP contribution in [0.15, 0.2) is 36.4 Å². The average molecular weight is 312 g/mol. The van der Waals surface area contributed by atoms with E-state index in [4.69, 9.17) is 23.2 Å². The third kappa shape index (κ3) is 3.72. The van der Waals surface area contributed by atoms with Gasteiger partial charge in [-0.25, -0.2) is 4.39 Å². The number of halogens is 3. The van der Waals surface area contributed by atoms with Crippen molar-refractivity contribution in [1.29, 1.82) is 0 Å². The van der Waals surface area contributed by atoms with E-state index < -0.39 is 0 Å². The van der Waals surface area contributed by atoms with Crippen LogP contribution in [0.3, 0.4) is 0 Å². The summed E-state index contributed by atoms with van der Waals surface area (Å²) >= 11 is 11.9. The molecule has 20 heavy (non-hydrogen) atoms. The summed E-state index contributed by atoms with van der Waals surface area (Å²) in [7, 11) is 0. The van der Waals surface area contributed by atoms with Gasteiger partial charge < -0.3 is 5.32 Å². The van der Waals surface area contributed by atoms with Crippen LogP contribution >= 0.6 is 23.2 Å². The van der Waals surface area contributed by atoms with E-state index in [9.17, 15) is 4.39 Å². The molecular formula is C16H16Cl2FN. The molecule has 0 spiro atoms. The molecule has 0 aliphatic heterocycles. The van der Waals surface area contributed by atoms with Gasteiger partial charge in [-0.1, -0.05) is 55.2 Å². The van der Waals surface area contributed by atoms with Crippen LogP contribution in [0.5, 0.6) is 0 Å². The molecule has 0 heterocycles. The Morgan fingerprint density at radius 3 is 2.25 bits per heavy atom. The van der Waals surface area contributed by atoms with Crippen LogP contribution in [0.2, 0.25) is 10.0 Å². The van der Waals surface area contributed by atoms with Crippen molar-refractivity contribution in [1.82, 2.24) is 5.32 Å². The van der Waals surface area contributed by atoms with Gasteiger partial charge in [0.2, 0.25) is 0 Å². The molecule has 0 saturated heterocycles. The Balaban J connectivity index is 2.26. The maximum atomic E-state index is 14.1. The van der Waals surface area contributed by atoms with E-state index in [0.29, 0.717) is 28.2 Å². The highest BCUT2D eigenvalue weighted by atomic mass is 35.5. The quantitative estimate of drug-likeness (QED) is 0.808. The Morgan fingerprint density at radius 1 is 1.00 bits per heavy atom. The Kier molecular flexibility index (Phi) is 5.03. The Morgan fingerprint density at radius 2 is 1.65 bits per heavy atom. The second-order valence-corrected chi connectivity index (χ2v) is 5.79. The molecule has 0 atom stereocenters. The number of benzene rings is 2. The maximum absolute atomic E-state index is 14.1. The van der Waals surface area contributed by atoms with Crippen molar-refractivity contribution < 1.29 is 4.39 Å². The molecule has 0 aliphatic rings. The van der Waals surface area contributed by atoms with Crippen LogP contribution in [0, 0.1) is 5.82 Å². The lowest BCUT2D eigenvalue weighted by Crippen LogP contribution is -2.22. The molecule has 1 nitrogen and oxygen atoms in total. The summed E-state index contributed by atoms with van der Waals surface area (Å²) in [6.07, 6.45) is 0. The van der Waals surface area contributed by atoms with E-state index in [1.165, 1.54) is 6.07 Å². The number of hydrogen-bond donors (Lipinski definition) is 1. The fourth-order valence-electron chi connectivity index (χ4n) is 1.86. The number of rotatable bonds is 4. The smallest absolute Gasteiger partial charge is 0.128 e. The average Bonchev–Trinajstić information content (AvgIpc) is 2.40. The van der Waals surface area contributed by atoms with Crippen molar-refractivity contribution in [3.05, 3.63) is 57.8 Å². The van der Waals surface area contributed by atoms with Gasteiger partial charge in [0.15, 0.2) is 0 Å². The minimum Gasteiger partial charge on any atom is -0.310 e. The molecule has 4 heteroatoms. The lowest BCUT2D eigenvalue weighted by molar-refractivity contribution is 0.553. The second-order valence-electron chi connectivity index (χ2n) is 4.97. The zero-order chi connectivity index (χ0) is 14.7. The largest absolute Gasteiger partial charge is 0.310 e. The molecule has 106 valence electrons. The Hall–Kier alpha value is -1.09. The third-order valence-corrected chi connectivity index (χ3v) is 3.75. The van der Waals surface area contributed by atoms with Crippen molar-refractivity contribution in [3.63, 3.8) is 0 Å². The highest BCUT2D eigenvalue weighted by molar-refractivity contribution is 6.42. The molecule has 0 amide bonds. The molecule has 0 radical (unpaired) electrons. The Labute approximate surface area is 128 Å². The maximum Gasteiger partial charge on any atom is 0.128 e. The van der Waals surface area contributed by atoms with Gasteiger partial charge in [-0.3, -0.25) is 0 Å². The van der Waals surface area contributed by atoms with Gasteiger partial charge in [0.05, 0.1) is 10.0 Å². The highest BCUT2D eigenvalue weighted by Gasteiger charge is 2.07. The molecule has 2 aromatic rings. The van der Waals surface area contributed by atoms with Gasteiger partial charge in [-0.2, -0.15) is 0 Å². The van der Waals surface area contributed by atoms with E-state index in [1.54, 1.807) is 18.2 Å². The molecule has 0 bridgehead atoms. The fraction of sp³-hybridized carbons (Fsp3) is 0.250. The van der Waals surface area contributed by atoms with Crippen molar-refractivity contribution >= 4 is 23.2 Å². The van der Waals surface area contributed by atoms with Crippen molar-refractivity contribution in [2.75, 3.05) is 0 Å². The zero-order valence-corrected chi connectivity index (χ0v) is 12.9. The number of nitrogens with one attached hydrogen (secondary N) is 1. The summed E-state index contributed by atoms with van der Waals surface area (Å²) in [5, 5.41) is 4.16. The first-order valence-electron chi connectivity index (χ1n) is 6.44. The molecule has 0 fully saturated rings. The van der Waals surface area contributed by atoms with E-state index in [0.717, 1.165) is 11.1 Å². The van der Waals surface area contributed by atoms with Gasteiger partial charge in [0.25, 0.3) is 0 Å². The van der Waals surface area contributed by atoms with E-state index in [2.05, 4.69) is 5.32 Å². The highest BCUT2D eigenvalue weighted by Crippen LogP contribution is 2.29. The van der Waals surface area contributed by atoms with Gasteiger partial charge in [-0.05, 0) is 29.3 Å². The first-order valence-corrected chi connectivity index (χ1v) is 7.20. The number of hydrogen-bond acceptors (Lipinski definition) is 1. The van der Waals surface area contributed by atoms with Crippen LogP contribution in [-0.4, -0.2) is 6.04 Å². The standard InChI is InChI=1S/C16H16Cl2FN/c1-10(2)20-9-13-4-3-12(8-16(13)19)11-5-6-14(17)15(18)7-11/h3-8,10,20H,9H2,1-2H3. The zero-order valence-electron chi connectivity index (χ0n) is 11.4. The van der Waals surface area contributed by atoms with Crippen LogP contribution in [-0.2, 0) is 6.54 Å². The lowest BCUT2D eigenvalue weighted by Gasteiger charge is -2.10. The normalized spacial score (nSPS) is 11.1. The predicted octanol–water partition coefficient (Wildman–Crippen LogP) is 5.30. The molecule has 0 unspecified atom stereocenters. The van der Waals surface area contributed by atoms with Crippen LogP contribution in [0.4, 0.5) is 4.39 Å². The fourth-order valence-corrected chi connectivity index (χ4v) is 2.16. The molecule has 0 aliphatic carbocycles. The summed E-state index contributed by atoms with van der Waals surface area (Å²) in [6, 6.07) is 10.8. The summed E-state index contributed by atoms with van der Waals surface area (Å²) in [4.78, 5) is 0. The van der Waals surface area contributed by atoms with E-state index in [1.807, 2.05) is 26.0 Å². The minimum atomic E-state index is -0.221. The lowest BCUT2D eigenvalue weighted by atomic mass is 10.0. The van der Waals surface area contributed by atoms with Crippen molar-refractivity contribution in [3.8, 4) is 11.1 Å². The van der Waals surface area contributed by atoms with Gasteiger partial charge in [0, 0.05) is 18.2 Å². The summed E-state index contributed by atoms with van der Waals surface area (Å²) in [5.74, 6) is -0.221. The molecule has 1 N–H and O–H groups in total. The van der Waals surface area contributed by atoms with Crippen LogP contribution < -0.4 is 5.32 Å². The monoisotopic (exact) mass is 311 g/mol. The molecular weight excluding hydrogens is 296 g/mol. The van der Waals surface area contributed by atoms with Crippen molar-refractivity contribution in [2.24, 2.45) is 0 Å². The summed E-state index contributed by atoms with van der Waals surface area (Å²) in [6.45, 7) is 4.58. The van der Waals surface area contributed by atoms with Gasteiger partial charge >= 0.3 is 0 Å². The molecule has 2 aromatic carbocycles. The van der Waals surface area contributed by atoms with Crippen LogP contribution in [0.25, 0.3) is 11.1 Å². The minimum absolute atomic E-state index is 0.221. The summed E-state index contributed by atoms with van der Waals surface area (Å²) in [5.41, 5.74) is 2.29. The first-order chi connectivity index (χ1) is 9.47. The molecule has 0 aromatic heterocycles. The van der Waals surface area contributed by atoms with Crippen LogP contribution in [0.1, 0.15) is 19.4 Å². The van der Waals surface area contributed by atoms with Gasteiger partial charge in [0.1, 0.15) is 5.82 Å². The SMILES string of the molecule is CC(C)NCc1ccc(-c2ccc(Cl)c(Cl)c2)cc1F. The second kappa shape index (κ2) is 6.57. The topological polar surface area (TPSA) is 12.0 Å². The molecule has 0 saturated carbocycles.